The van der Waals surface area contributed by atoms with Gasteiger partial charge in [0.2, 0.25) is 5.88 Å². The Labute approximate surface area is 382 Å². The van der Waals surface area contributed by atoms with Gasteiger partial charge in [-0.2, -0.15) is 9.97 Å². The molecule has 0 spiro atoms. The Morgan fingerprint density at radius 2 is 1.77 bits per heavy atom. The maximum Gasteiger partial charge on any atom is 0.410 e. The summed E-state index contributed by atoms with van der Waals surface area (Å²) in [7, 11) is -0.624. The number of piperazine rings is 1. The Hall–Kier alpha value is -4.78. The first kappa shape index (κ1) is 45.4. The van der Waals surface area contributed by atoms with Gasteiger partial charge < -0.3 is 28.6 Å². The fourth-order valence-electron chi connectivity index (χ4n) is 12.1. The first-order valence-electron chi connectivity index (χ1n) is 23.5. The Morgan fingerprint density at radius 1 is 1.00 bits per heavy atom. The molecule has 12 nitrogen and oxygen atoms in total. The van der Waals surface area contributed by atoms with Crippen molar-refractivity contribution in [3.05, 3.63) is 41.7 Å². The molecule has 0 saturated carbocycles. The third kappa shape index (κ3) is 7.94. The highest BCUT2D eigenvalue weighted by Gasteiger charge is 2.53. The topological polar surface area (TPSA) is 112 Å². The number of anilines is 1. The number of carbonyl (C=O) groups is 1. The summed E-state index contributed by atoms with van der Waals surface area (Å²) < 4.78 is 63.6. The number of benzene rings is 2. The van der Waals surface area contributed by atoms with Crippen LogP contribution in [0, 0.1) is 17.3 Å². The van der Waals surface area contributed by atoms with Gasteiger partial charge in [-0.05, 0) is 93.2 Å². The first-order valence-corrected chi connectivity index (χ1v) is 25.7. The maximum absolute atomic E-state index is 18.1. The van der Waals surface area contributed by atoms with E-state index in [9.17, 15) is 9.18 Å². The zero-order valence-electron chi connectivity index (χ0n) is 39.6. The van der Waals surface area contributed by atoms with E-state index >= 15 is 4.39 Å². The molecule has 65 heavy (non-hydrogen) atoms. The van der Waals surface area contributed by atoms with Gasteiger partial charge in [0.1, 0.15) is 61.2 Å². The largest absolute Gasteiger partial charge is 0.475 e. The quantitative estimate of drug-likeness (QED) is 0.0862. The molecular weight excluding hydrogens is 847 g/mol. The van der Waals surface area contributed by atoms with Crippen molar-refractivity contribution in [2.75, 3.05) is 51.7 Å². The lowest BCUT2D eigenvalue weighted by Crippen LogP contribution is -2.63. The second-order valence-electron chi connectivity index (χ2n) is 20.8. The molecule has 348 valence electrons. The third-order valence-electron chi connectivity index (χ3n) is 14.8. The minimum Gasteiger partial charge on any atom is -0.475 e. The van der Waals surface area contributed by atoms with E-state index in [4.69, 9.17) is 38.6 Å². The molecule has 5 atom stereocenters. The minimum absolute atomic E-state index is 0.00564. The summed E-state index contributed by atoms with van der Waals surface area (Å²) >= 11 is 0. The van der Waals surface area contributed by atoms with Crippen LogP contribution in [0.2, 0.25) is 16.6 Å². The van der Waals surface area contributed by atoms with Crippen molar-refractivity contribution in [2.45, 2.75) is 146 Å². The van der Waals surface area contributed by atoms with Gasteiger partial charge in [0.25, 0.3) is 0 Å². The van der Waals surface area contributed by atoms with E-state index in [2.05, 4.69) is 62.8 Å². The van der Waals surface area contributed by atoms with Crippen molar-refractivity contribution < 1.29 is 37.3 Å². The second kappa shape index (κ2) is 17.1. The molecule has 2 aromatic carbocycles. The van der Waals surface area contributed by atoms with Gasteiger partial charge in [-0.3, -0.25) is 9.80 Å². The number of nitrogens with zero attached hydrogens (tertiary/aromatic N) is 6. The molecule has 15 heteroatoms. The van der Waals surface area contributed by atoms with Crippen LogP contribution in [0.1, 0.15) is 100.0 Å². The molecule has 2 bridgehead atoms. The highest BCUT2D eigenvalue weighted by atomic mass is 28.3. The van der Waals surface area contributed by atoms with Crippen molar-refractivity contribution in [2.24, 2.45) is 0 Å². The van der Waals surface area contributed by atoms with Crippen LogP contribution in [0.25, 0.3) is 32.9 Å². The molecule has 0 N–H and O–H groups in total. The predicted molar refractivity (Wildman–Crippen MR) is 251 cm³/mol. The van der Waals surface area contributed by atoms with E-state index in [1.165, 1.54) is 0 Å². The zero-order chi connectivity index (χ0) is 46.2. The van der Waals surface area contributed by atoms with Crippen LogP contribution >= 0.6 is 0 Å². The van der Waals surface area contributed by atoms with Gasteiger partial charge in [-0.1, -0.05) is 59.6 Å². The second-order valence-corrected chi connectivity index (χ2v) is 26.4. The van der Waals surface area contributed by atoms with Crippen LogP contribution in [0.5, 0.6) is 17.6 Å². The average molecular weight is 911 g/mol. The number of carbonyl (C=O) groups excluding carboxylic acids is 1. The molecule has 4 saturated heterocycles. The standard InChI is InChI=1S/C50H64F2N6O6Si/c1-29(2)65(30(3)4,31(5)6)20-17-32-13-11-14-33-21-36(63-28-60-10)22-37(40(32)33)43-42(52)44-41-45(55-47(54-44)62-27-50-18-12-19-56(50)24-34(51)23-50)57-25-35-15-16-38(39(57)26-61-46(41)53-43)58(35)48(59)64-49(7,8)9/h11,13-14,21-22,29-31,34-35,38-39H,12,15-16,18-19,23-28H2,1-10H3/t34-,35+,38-,39-,50+/m1/s1. The average Bonchev–Trinajstić information content (AvgIpc) is 3.85. The summed E-state index contributed by atoms with van der Waals surface area (Å²) in [5.41, 5.74) is 5.18. The van der Waals surface area contributed by atoms with E-state index in [-0.39, 0.29) is 67.3 Å². The van der Waals surface area contributed by atoms with E-state index in [1.807, 2.05) is 49.9 Å². The number of hydrogen-bond acceptors (Lipinski definition) is 11. The summed E-state index contributed by atoms with van der Waals surface area (Å²) in [6, 6.07) is 8.82. The number of methoxy groups -OCH3 is 1. The number of rotatable bonds is 10. The highest BCUT2D eigenvalue weighted by Crippen LogP contribution is 2.48. The lowest BCUT2D eigenvalue weighted by molar-refractivity contribution is 0.00537. The van der Waals surface area contributed by atoms with Crippen molar-refractivity contribution >= 4 is 41.7 Å². The zero-order valence-corrected chi connectivity index (χ0v) is 40.6. The molecule has 2 aromatic heterocycles. The third-order valence-corrected chi connectivity index (χ3v) is 21.1. The molecule has 0 radical (unpaired) electrons. The Bertz CT molecular complexity index is 2540. The number of fused-ring (bicyclic) bond motifs is 7. The van der Waals surface area contributed by atoms with Crippen LogP contribution in [0.3, 0.4) is 0 Å². The number of pyridine rings is 1. The van der Waals surface area contributed by atoms with Gasteiger partial charge in [-0.15, -0.1) is 5.54 Å². The van der Waals surface area contributed by atoms with E-state index in [0.717, 1.165) is 48.6 Å². The number of aromatic nitrogens is 3. The van der Waals surface area contributed by atoms with Crippen molar-refractivity contribution in [3.63, 3.8) is 0 Å². The Morgan fingerprint density at radius 3 is 2.49 bits per heavy atom. The molecule has 0 aliphatic carbocycles. The summed E-state index contributed by atoms with van der Waals surface area (Å²) in [6.07, 6.45) is 2.29. The van der Waals surface area contributed by atoms with Crippen LogP contribution in [0.4, 0.5) is 19.4 Å². The smallest absolute Gasteiger partial charge is 0.410 e. The molecule has 5 aliphatic rings. The molecule has 9 rings (SSSR count). The lowest BCUT2D eigenvalue weighted by Gasteiger charge is -2.46. The van der Waals surface area contributed by atoms with Crippen LogP contribution in [0.15, 0.2) is 30.3 Å². The monoisotopic (exact) mass is 910 g/mol. The first-order chi connectivity index (χ1) is 30.9. The summed E-state index contributed by atoms with van der Waals surface area (Å²) in [5, 5.41) is 1.85. The summed E-state index contributed by atoms with van der Waals surface area (Å²) in [4.78, 5) is 34.9. The van der Waals surface area contributed by atoms with E-state index in [0.29, 0.717) is 58.7 Å². The molecular formula is C50H64F2N6O6Si. The lowest BCUT2D eigenvalue weighted by atomic mass is 9.95. The highest BCUT2D eigenvalue weighted by molar-refractivity contribution is 6.90. The van der Waals surface area contributed by atoms with Gasteiger partial charge in [0.05, 0.1) is 23.7 Å². The SMILES string of the molecule is COCOc1cc(-c2nc3c4c(nc(OC[C@@]56CCCN5C[C@H](F)C6)nc4c2F)N2C[C@@H]4CC[C@H]([C@H]2CO3)N4C(=O)OC(C)(C)C)c2c(C#C[Si](C(C)C)(C(C)C)C(C)C)cccc2c1. The summed E-state index contributed by atoms with van der Waals surface area (Å²) in [5.74, 6) is 4.05. The Kier molecular flexibility index (Phi) is 12.0. The van der Waals surface area contributed by atoms with Crippen molar-refractivity contribution in [3.8, 4) is 40.4 Å². The number of alkyl halides is 1. The number of amides is 1. The van der Waals surface area contributed by atoms with Gasteiger partial charge >= 0.3 is 12.1 Å². The van der Waals surface area contributed by atoms with Crippen LogP contribution in [-0.4, -0.2) is 121 Å². The number of ether oxygens (including phenoxy) is 5. The summed E-state index contributed by atoms with van der Waals surface area (Å²) in [6.45, 7) is 21.2. The molecule has 7 heterocycles. The molecule has 0 unspecified atom stereocenters. The fourth-order valence-corrected chi connectivity index (χ4v) is 17.3. The van der Waals surface area contributed by atoms with E-state index < -0.39 is 31.2 Å². The maximum atomic E-state index is 18.1. The molecule has 1 amide bonds. The number of hydrogen-bond donors (Lipinski definition) is 0. The predicted octanol–water partition coefficient (Wildman–Crippen LogP) is 9.84. The molecule has 4 fully saturated rings. The van der Waals surface area contributed by atoms with Crippen molar-refractivity contribution in [1.82, 2.24) is 24.8 Å². The van der Waals surface area contributed by atoms with Gasteiger partial charge in [0, 0.05) is 43.1 Å². The molecule has 5 aliphatic heterocycles. The van der Waals surface area contributed by atoms with Crippen LogP contribution in [-0.2, 0) is 9.47 Å². The normalized spacial score (nSPS) is 24.0. The van der Waals surface area contributed by atoms with E-state index in [1.54, 1.807) is 13.2 Å². The Balaban J connectivity index is 1.23. The van der Waals surface area contributed by atoms with Gasteiger partial charge in [-0.25, -0.2) is 18.6 Å². The number of halogens is 2. The van der Waals surface area contributed by atoms with Gasteiger partial charge in [0.15, 0.2) is 12.6 Å². The minimum atomic E-state index is -2.17. The van der Waals surface area contributed by atoms with Crippen molar-refractivity contribution in [1.29, 1.82) is 0 Å². The van der Waals surface area contributed by atoms with Crippen LogP contribution < -0.4 is 19.1 Å². The molecule has 4 aromatic rings. The fraction of sp³-hybridized carbons (Fsp3) is 0.600.